The molecule has 1 aromatic heterocycles. The lowest BCUT2D eigenvalue weighted by Gasteiger charge is -2.24. The Balaban J connectivity index is 1.75. The Bertz CT molecular complexity index is 438. The molecule has 1 aliphatic carbocycles. The summed E-state index contributed by atoms with van der Waals surface area (Å²) in [6.45, 7) is 0. The Kier molecular flexibility index (Phi) is 1.96. The van der Waals surface area contributed by atoms with Gasteiger partial charge in [0.2, 0.25) is 0 Å². The minimum Gasteiger partial charge on any atom is -0.348 e. The normalized spacial score (nSPS) is 31.2. The summed E-state index contributed by atoms with van der Waals surface area (Å²) in [7, 11) is 0. The zero-order chi connectivity index (χ0) is 11.4. The second kappa shape index (κ2) is 3.40. The smallest absolute Gasteiger partial charge is 0.187 e. The van der Waals surface area contributed by atoms with Gasteiger partial charge in [0.15, 0.2) is 11.6 Å². The number of aromatic nitrogens is 2. The Hall–Kier alpha value is -1.19. The van der Waals surface area contributed by atoms with Gasteiger partial charge in [0.05, 0.1) is 5.69 Å². The van der Waals surface area contributed by atoms with Crippen LogP contribution < -0.4 is 4.90 Å². The van der Waals surface area contributed by atoms with Crippen LogP contribution in [0.5, 0.6) is 0 Å². The first kappa shape index (κ1) is 9.80. The predicted molar refractivity (Wildman–Crippen MR) is 62.5 cm³/mol. The third kappa shape index (κ3) is 1.39. The second-order valence-corrected chi connectivity index (χ2v) is 5.54. The van der Waals surface area contributed by atoms with Crippen molar-refractivity contribution in [3.63, 3.8) is 0 Å². The molecular formula is C13H16FN3. The van der Waals surface area contributed by atoms with Crippen LogP contribution in [0.2, 0.25) is 0 Å². The van der Waals surface area contributed by atoms with Crippen molar-refractivity contribution in [1.29, 1.82) is 0 Å². The zero-order valence-corrected chi connectivity index (χ0v) is 9.77. The molecule has 0 atom stereocenters. The van der Waals surface area contributed by atoms with E-state index in [-0.39, 0.29) is 5.82 Å². The summed E-state index contributed by atoms with van der Waals surface area (Å²) in [5.41, 5.74) is 0.654. The van der Waals surface area contributed by atoms with E-state index in [0.717, 1.165) is 12.8 Å². The molecule has 1 aromatic rings. The highest BCUT2D eigenvalue weighted by molar-refractivity contribution is 5.47. The number of fused-ring (bicyclic) bond motifs is 2. The topological polar surface area (TPSA) is 29.0 Å². The average molecular weight is 233 g/mol. The number of anilines is 1. The standard InChI is InChI=1S/C13H16FN3/c14-11-12(8-1-2-8)15-7-16-13(11)17-9-3-4-10(17)6-5-9/h7-10H,1-6H2. The van der Waals surface area contributed by atoms with Crippen LogP contribution in [0.3, 0.4) is 0 Å². The van der Waals surface area contributed by atoms with Gasteiger partial charge in [-0.25, -0.2) is 14.4 Å². The summed E-state index contributed by atoms with van der Waals surface area (Å²) in [6, 6.07) is 1.05. The first-order valence-corrected chi connectivity index (χ1v) is 6.63. The molecular weight excluding hydrogens is 217 g/mol. The van der Waals surface area contributed by atoms with Crippen LogP contribution >= 0.6 is 0 Å². The highest BCUT2D eigenvalue weighted by Crippen LogP contribution is 2.44. The van der Waals surface area contributed by atoms with E-state index in [2.05, 4.69) is 14.9 Å². The van der Waals surface area contributed by atoms with Crippen LogP contribution in [0.4, 0.5) is 10.2 Å². The lowest BCUT2D eigenvalue weighted by Crippen LogP contribution is -2.30. The van der Waals surface area contributed by atoms with Crippen molar-refractivity contribution in [2.24, 2.45) is 0 Å². The monoisotopic (exact) mass is 233 g/mol. The van der Waals surface area contributed by atoms with E-state index in [1.165, 1.54) is 25.7 Å². The Morgan fingerprint density at radius 3 is 2.24 bits per heavy atom. The highest BCUT2D eigenvalue weighted by atomic mass is 19.1. The molecule has 4 rings (SSSR count). The molecule has 2 bridgehead atoms. The maximum absolute atomic E-state index is 14.4. The lowest BCUT2D eigenvalue weighted by molar-refractivity contribution is 0.576. The van der Waals surface area contributed by atoms with Crippen LogP contribution in [0, 0.1) is 5.82 Å². The molecule has 2 saturated heterocycles. The Morgan fingerprint density at radius 1 is 1.00 bits per heavy atom. The van der Waals surface area contributed by atoms with Gasteiger partial charge in [-0.1, -0.05) is 0 Å². The first-order valence-electron chi connectivity index (χ1n) is 6.63. The highest BCUT2D eigenvalue weighted by Gasteiger charge is 2.42. The molecule has 3 fully saturated rings. The van der Waals surface area contributed by atoms with Gasteiger partial charge in [-0.3, -0.25) is 0 Å². The van der Waals surface area contributed by atoms with Crippen molar-refractivity contribution in [2.75, 3.05) is 4.90 Å². The molecule has 17 heavy (non-hydrogen) atoms. The van der Waals surface area contributed by atoms with Crippen molar-refractivity contribution in [2.45, 2.75) is 56.5 Å². The van der Waals surface area contributed by atoms with Crippen LogP contribution in [0.15, 0.2) is 6.33 Å². The molecule has 0 N–H and O–H groups in total. The van der Waals surface area contributed by atoms with Crippen LogP contribution in [0.25, 0.3) is 0 Å². The second-order valence-electron chi connectivity index (χ2n) is 5.54. The van der Waals surface area contributed by atoms with Gasteiger partial charge in [-0.05, 0) is 38.5 Å². The predicted octanol–water partition coefficient (Wildman–Crippen LogP) is 2.62. The van der Waals surface area contributed by atoms with Crippen molar-refractivity contribution >= 4 is 5.82 Å². The minimum absolute atomic E-state index is 0.145. The SMILES string of the molecule is Fc1c(C2CC2)ncnc1N1C2CCC1CC2. The van der Waals surface area contributed by atoms with E-state index in [9.17, 15) is 4.39 Å². The van der Waals surface area contributed by atoms with Crippen molar-refractivity contribution in [1.82, 2.24) is 9.97 Å². The molecule has 3 heterocycles. The molecule has 0 radical (unpaired) electrons. The molecule has 0 spiro atoms. The van der Waals surface area contributed by atoms with Gasteiger partial charge in [0, 0.05) is 18.0 Å². The van der Waals surface area contributed by atoms with E-state index in [0.29, 0.717) is 29.5 Å². The molecule has 3 aliphatic rings. The van der Waals surface area contributed by atoms with Crippen molar-refractivity contribution in [3.8, 4) is 0 Å². The van der Waals surface area contributed by atoms with Crippen molar-refractivity contribution < 1.29 is 4.39 Å². The number of nitrogens with zero attached hydrogens (tertiary/aromatic N) is 3. The molecule has 1 saturated carbocycles. The molecule has 0 unspecified atom stereocenters. The van der Waals surface area contributed by atoms with Crippen molar-refractivity contribution in [3.05, 3.63) is 17.8 Å². The largest absolute Gasteiger partial charge is 0.348 e. The fourth-order valence-electron chi connectivity index (χ4n) is 3.45. The fraction of sp³-hybridized carbons (Fsp3) is 0.692. The summed E-state index contributed by atoms with van der Waals surface area (Å²) in [5, 5.41) is 0. The maximum Gasteiger partial charge on any atom is 0.187 e. The van der Waals surface area contributed by atoms with Crippen LogP contribution in [-0.4, -0.2) is 22.1 Å². The molecule has 3 nitrogen and oxygen atoms in total. The van der Waals surface area contributed by atoms with E-state index < -0.39 is 0 Å². The summed E-state index contributed by atoms with van der Waals surface area (Å²) in [6.07, 6.45) is 8.52. The maximum atomic E-state index is 14.4. The third-order valence-corrected chi connectivity index (χ3v) is 4.46. The van der Waals surface area contributed by atoms with E-state index in [1.807, 2.05) is 0 Å². The van der Waals surface area contributed by atoms with Gasteiger partial charge in [0.1, 0.15) is 6.33 Å². The minimum atomic E-state index is -0.145. The summed E-state index contributed by atoms with van der Waals surface area (Å²) < 4.78 is 14.4. The van der Waals surface area contributed by atoms with Gasteiger partial charge in [-0.15, -0.1) is 0 Å². The number of hydrogen-bond donors (Lipinski definition) is 0. The van der Waals surface area contributed by atoms with Gasteiger partial charge < -0.3 is 4.90 Å². The van der Waals surface area contributed by atoms with Gasteiger partial charge in [0.25, 0.3) is 0 Å². The number of rotatable bonds is 2. The van der Waals surface area contributed by atoms with E-state index in [1.54, 1.807) is 6.33 Å². The fourth-order valence-corrected chi connectivity index (χ4v) is 3.45. The zero-order valence-electron chi connectivity index (χ0n) is 9.77. The van der Waals surface area contributed by atoms with Crippen LogP contribution in [-0.2, 0) is 0 Å². The summed E-state index contributed by atoms with van der Waals surface area (Å²) in [5.74, 6) is 0.790. The Morgan fingerprint density at radius 2 is 1.65 bits per heavy atom. The van der Waals surface area contributed by atoms with Gasteiger partial charge in [-0.2, -0.15) is 0 Å². The summed E-state index contributed by atoms with van der Waals surface area (Å²) in [4.78, 5) is 10.6. The van der Waals surface area contributed by atoms with E-state index in [4.69, 9.17) is 0 Å². The molecule has 90 valence electrons. The molecule has 2 aliphatic heterocycles. The van der Waals surface area contributed by atoms with Gasteiger partial charge >= 0.3 is 0 Å². The van der Waals surface area contributed by atoms with Crippen LogP contribution in [0.1, 0.15) is 50.1 Å². The van der Waals surface area contributed by atoms with E-state index >= 15 is 0 Å². The molecule has 0 aromatic carbocycles. The Labute approximate surface area is 100 Å². The average Bonchev–Trinajstić information content (AvgIpc) is 3.03. The number of hydrogen-bond acceptors (Lipinski definition) is 3. The molecule has 0 amide bonds. The quantitative estimate of drug-likeness (QED) is 0.786. The number of halogens is 1. The molecule has 4 heteroatoms. The summed E-state index contributed by atoms with van der Waals surface area (Å²) >= 11 is 0. The first-order chi connectivity index (χ1) is 8.34. The lowest BCUT2D eigenvalue weighted by atomic mass is 10.0. The third-order valence-electron chi connectivity index (χ3n) is 4.46.